The molecule has 2 rings (SSSR count). The molecule has 0 radical (unpaired) electrons. The molecule has 2 amide bonds. The first-order valence-corrected chi connectivity index (χ1v) is 6.35. The maximum atomic E-state index is 11.9. The van der Waals surface area contributed by atoms with E-state index in [1.165, 1.54) is 6.08 Å². The van der Waals surface area contributed by atoms with Crippen LogP contribution in [-0.4, -0.2) is 37.2 Å². The standard InChI is InChI=1S/C14H16N4O2/c15-7-6-13(18-8-10-20-11-9-18)17-14(19)16-12-4-2-1-3-5-12/h1-6H,8-11H2,(H2,16,17,19)/b13-6-. The number of nitrogens with zero attached hydrogens (tertiary/aromatic N) is 2. The number of urea groups is 1. The average Bonchev–Trinajstić information content (AvgIpc) is 2.49. The average molecular weight is 272 g/mol. The minimum Gasteiger partial charge on any atom is -0.378 e. The summed E-state index contributed by atoms with van der Waals surface area (Å²) in [5.41, 5.74) is 0.697. The van der Waals surface area contributed by atoms with E-state index in [0.29, 0.717) is 37.8 Å². The summed E-state index contributed by atoms with van der Waals surface area (Å²) in [6, 6.07) is 10.7. The third-order valence-electron chi connectivity index (χ3n) is 2.83. The zero-order valence-corrected chi connectivity index (χ0v) is 11.0. The highest BCUT2D eigenvalue weighted by Crippen LogP contribution is 2.07. The summed E-state index contributed by atoms with van der Waals surface area (Å²) in [7, 11) is 0. The summed E-state index contributed by atoms with van der Waals surface area (Å²) >= 11 is 0. The molecular weight excluding hydrogens is 256 g/mol. The van der Waals surface area contributed by atoms with Crippen LogP contribution in [0.2, 0.25) is 0 Å². The minimum atomic E-state index is -0.371. The number of rotatable bonds is 3. The number of nitriles is 1. The zero-order valence-electron chi connectivity index (χ0n) is 11.0. The largest absolute Gasteiger partial charge is 0.378 e. The van der Waals surface area contributed by atoms with Gasteiger partial charge in [-0.05, 0) is 12.1 Å². The molecule has 0 saturated carbocycles. The number of hydrogen-bond donors (Lipinski definition) is 2. The van der Waals surface area contributed by atoms with Crippen molar-refractivity contribution < 1.29 is 9.53 Å². The monoisotopic (exact) mass is 272 g/mol. The lowest BCUT2D eigenvalue weighted by Crippen LogP contribution is -2.43. The van der Waals surface area contributed by atoms with Crippen LogP contribution in [0.25, 0.3) is 0 Å². The number of nitrogens with one attached hydrogen (secondary N) is 2. The van der Waals surface area contributed by atoms with Crippen LogP contribution in [0.5, 0.6) is 0 Å². The number of hydrogen-bond acceptors (Lipinski definition) is 4. The molecule has 2 N–H and O–H groups in total. The van der Waals surface area contributed by atoms with Gasteiger partial charge in [-0.3, -0.25) is 5.32 Å². The van der Waals surface area contributed by atoms with E-state index in [1.54, 1.807) is 12.1 Å². The molecule has 0 unspecified atom stereocenters. The second-order valence-corrected chi connectivity index (χ2v) is 4.20. The summed E-state index contributed by atoms with van der Waals surface area (Å²) in [6.07, 6.45) is 1.33. The number of amides is 2. The molecule has 0 aliphatic carbocycles. The number of morpholine rings is 1. The topological polar surface area (TPSA) is 77.4 Å². The summed E-state index contributed by atoms with van der Waals surface area (Å²) in [5.74, 6) is 0.490. The Morgan fingerprint density at radius 3 is 2.65 bits per heavy atom. The van der Waals surface area contributed by atoms with Gasteiger partial charge in [-0.2, -0.15) is 5.26 Å². The predicted octanol–water partition coefficient (Wildman–Crippen LogP) is 1.51. The van der Waals surface area contributed by atoms with Gasteiger partial charge < -0.3 is 15.0 Å². The van der Waals surface area contributed by atoms with Crippen molar-refractivity contribution in [1.29, 1.82) is 5.26 Å². The summed E-state index contributed by atoms with van der Waals surface area (Å²) in [5, 5.41) is 14.2. The van der Waals surface area contributed by atoms with Crippen molar-refractivity contribution in [2.75, 3.05) is 31.6 Å². The molecule has 0 spiro atoms. The summed E-state index contributed by atoms with van der Waals surface area (Å²) in [4.78, 5) is 13.8. The maximum Gasteiger partial charge on any atom is 0.324 e. The first kappa shape index (κ1) is 13.9. The van der Waals surface area contributed by atoms with Gasteiger partial charge in [-0.1, -0.05) is 18.2 Å². The number of benzene rings is 1. The Balaban J connectivity index is 1.96. The molecule has 0 atom stereocenters. The fraction of sp³-hybridized carbons (Fsp3) is 0.286. The number of anilines is 1. The molecule has 104 valence electrons. The van der Waals surface area contributed by atoms with Crippen LogP contribution in [0, 0.1) is 11.3 Å². The molecular formula is C14H16N4O2. The second kappa shape index (κ2) is 7.16. The number of ether oxygens (including phenoxy) is 1. The molecule has 1 aliphatic heterocycles. The number of carbonyl (C=O) groups is 1. The van der Waals surface area contributed by atoms with E-state index in [0.717, 1.165) is 0 Å². The third kappa shape index (κ3) is 4.00. The number of para-hydroxylation sites is 1. The SMILES string of the molecule is N#C/C=C(/NC(=O)Nc1ccccc1)N1CCOCC1. The van der Waals surface area contributed by atoms with Crippen molar-refractivity contribution >= 4 is 11.7 Å². The van der Waals surface area contributed by atoms with Crippen molar-refractivity contribution in [2.24, 2.45) is 0 Å². The lowest BCUT2D eigenvalue weighted by molar-refractivity contribution is 0.0512. The molecule has 6 nitrogen and oxygen atoms in total. The molecule has 6 heteroatoms. The van der Waals surface area contributed by atoms with Crippen molar-refractivity contribution in [3.63, 3.8) is 0 Å². The van der Waals surface area contributed by atoms with E-state index in [1.807, 2.05) is 29.2 Å². The first-order valence-electron chi connectivity index (χ1n) is 6.35. The van der Waals surface area contributed by atoms with Gasteiger partial charge in [-0.25, -0.2) is 4.79 Å². The number of allylic oxidation sites excluding steroid dienone is 1. The molecule has 1 heterocycles. The highest BCUT2D eigenvalue weighted by atomic mass is 16.5. The van der Waals surface area contributed by atoms with Gasteiger partial charge in [0.25, 0.3) is 0 Å². The van der Waals surface area contributed by atoms with Crippen LogP contribution in [0.15, 0.2) is 42.2 Å². The Hall–Kier alpha value is -2.52. The second-order valence-electron chi connectivity index (χ2n) is 4.20. The van der Waals surface area contributed by atoms with E-state index >= 15 is 0 Å². The van der Waals surface area contributed by atoms with Gasteiger partial charge in [0.05, 0.1) is 25.4 Å². The van der Waals surface area contributed by atoms with E-state index < -0.39 is 0 Å². The first-order chi connectivity index (χ1) is 9.79. The molecule has 1 aliphatic rings. The Morgan fingerprint density at radius 1 is 1.30 bits per heavy atom. The fourth-order valence-electron chi connectivity index (χ4n) is 1.87. The molecule has 0 bridgehead atoms. The Kier molecular flexibility index (Phi) is 4.98. The van der Waals surface area contributed by atoms with E-state index in [-0.39, 0.29) is 6.03 Å². The Labute approximate surface area is 117 Å². The lowest BCUT2D eigenvalue weighted by Gasteiger charge is -2.30. The van der Waals surface area contributed by atoms with Crippen LogP contribution in [0.4, 0.5) is 10.5 Å². The summed E-state index contributed by atoms with van der Waals surface area (Å²) in [6.45, 7) is 2.48. The van der Waals surface area contributed by atoms with Gasteiger partial charge in [0.1, 0.15) is 5.82 Å². The van der Waals surface area contributed by atoms with Gasteiger partial charge in [0.15, 0.2) is 0 Å². The van der Waals surface area contributed by atoms with Crippen LogP contribution >= 0.6 is 0 Å². The minimum absolute atomic E-state index is 0.371. The highest BCUT2D eigenvalue weighted by Gasteiger charge is 2.15. The normalized spacial score (nSPS) is 15.3. The van der Waals surface area contributed by atoms with Crippen LogP contribution in [0.3, 0.4) is 0 Å². The van der Waals surface area contributed by atoms with Gasteiger partial charge in [0.2, 0.25) is 0 Å². The molecule has 1 saturated heterocycles. The van der Waals surface area contributed by atoms with Crippen molar-refractivity contribution in [1.82, 2.24) is 10.2 Å². The maximum absolute atomic E-state index is 11.9. The Morgan fingerprint density at radius 2 is 2.00 bits per heavy atom. The van der Waals surface area contributed by atoms with Crippen LogP contribution in [-0.2, 0) is 4.74 Å². The molecule has 1 fully saturated rings. The van der Waals surface area contributed by atoms with E-state index in [4.69, 9.17) is 10.00 Å². The Bertz CT molecular complexity index is 516. The van der Waals surface area contributed by atoms with Crippen LogP contribution < -0.4 is 10.6 Å². The van der Waals surface area contributed by atoms with Gasteiger partial charge in [-0.15, -0.1) is 0 Å². The van der Waals surface area contributed by atoms with Gasteiger partial charge in [0, 0.05) is 18.8 Å². The van der Waals surface area contributed by atoms with Crippen molar-refractivity contribution in [3.05, 3.63) is 42.2 Å². The molecule has 1 aromatic rings. The van der Waals surface area contributed by atoms with Crippen molar-refractivity contribution in [3.8, 4) is 6.07 Å². The number of carbonyl (C=O) groups excluding carboxylic acids is 1. The molecule has 0 aromatic heterocycles. The van der Waals surface area contributed by atoms with Gasteiger partial charge >= 0.3 is 6.03 Å². The van der Waals surface area contributed by atoms with Crippen molar-refractivity contribution in [2.45, 2.75) is 0 Å². The summed E-state index contributed by atoms with van der Waals surface area (Å²) < 4.78 is 5.25. The lowest BCUT2D eigenvalue weighted by atomic mass is 10.3. The van der Waals surface area contributed by atoms with E-state index in [2.05, 4.69) is 10.6 Å². The van der Waals surface area contributed by atoms with Crippen LogP contribution in [0.1, 0.15) is 0 Å². The zero-order chi connectivity index (χ0) is 14.2. The fourth-order valence-corrected chi connectivity index (χ4v) is 1.87. The predicted molar refractivity (Wildman–Crippen MR) is 74.7 cm³/mol. The highest BCUT2D eigenvalue weighted by molar-refractivity contribution is 5.90. The molecule has 20 heavy (non-hydrogen) atoms. The smallest absolute Gasteiger partial charge is 0.324 e. The third-order valence-corrected chi connectivity index (χ3v) is 2.83. The quantitative estimate of drug-likeness (QED) is 0.818. The van der Waals surface area contributed by atoms with E-state index in [9.17, 15) is 4.79 Å². The molecule has 1 aromatic carbocycles.